The van der Waals surface area contributed by atoms with Crippen molar-refractivity contribution in [3.63, 3.8) is 0 Å². The van der Waals surface area contributed by atoms with Gasteiger partial charge in [-0.3, -0.25) is 4.79 Å². The first-order valence-electron chi connectivity index (χ1n) is 3.45. The molecule has 0 bridgehead atoms. The van der Waals surface area contributed by atoms with E-state index in [1.807, 2.05) is 0 Å². The molecule has 1 aromatic rings. The normalized spacial score (nSPS) is 10.5. The average Bonchev–Trinajstić information content (AvgIpc) is 2.13. The molecule has 0 amide bonds. The number of hydrogen-bond acceptors (Lipinski definition) is 4. The van der Waals surface area contributed by atoms with E-state index >= 15 is 0 Å². The molecule has 1 radical (unpaired) electrons. The minimum absolute atomic E-state index is 0.235. The van der Waals surface area contributed by atoms with Gasteiger partial charge in [0.15, 0.2) is 11.5 Å². The number of hydrogen-bond donors (Lipinski definition) is 3. The van der Waals surface area contributed by atoms with Gasteiger partial charge in [0.1, 0.15) is 0 Å². The van der Waals surface area contributed by atoms with E-state index in [9.17, 15) is 9.90 Å². The van der Waals surface area contributed by atoms with Crippen LogP contribution < -0.4 is 0 Å². The Morgan fingerprint density at radius 1 is 1.15 bits per heavy atom. The first-order valence-corrected chi connectivity index (χ1v) is 3.45. The van der Waals surface area contributed by atoms with E-state index in [0.29, 0.717) is 0 Å². The molecule has 13 heavy (non-hydrogen) atoms. The highest BCUT2D eigenvalue weighted by Gasteiger charge is 2.07. The third kappa shape index (κ3) is 1.79. The van der Waals surface area contributed by atoms with Gasteiger partial charge in [-0.25, -0.2) is 0 Å². The van der Waals surface area contributed by atoms with E-state index in [0.717, 1.165) is 6.08 Å². The van der Waals surface area contributed by atoms with Crippen LogP contribution in [-0.4, -0.2) is 21.6 Å². The molecule has 1 rings (SSSR count). The van der Waals surface area contributed by atoms with E-state index in [1.165, 1.54) is 24.5 Å². The van der Waals surface area contributed by atoms with Crippen molar-refractivity contribution in [1.82, 2.24) is 0 Å². The Kier molecular flexibility index (Phi) is 2.54. The molecular weight excluding hydrogens is 172 g/mol. The van der Waals surface area contributed by atoms with Gasteiger partial charge in [-0.05, 0) is 24.3 Å². The van der Waals surface area contributed by atoms with E-state index in [4.69, 9.17) is 10.2 Å². The van der Waals surface area contributed by atoms with Crippen LogP contribution in [0.25, 0.3) is 6.08 Å². The van der Waals surface area contributed by atoms with Gasteiger partial charge < -0.3 is 15.3 Å². The molecule has 0 fully saturated rings. The molecule has 0 aliphatic heterocycles. The standard InChI is InChI=1S/C9H7O4/c10-5-1-2-6-3-4-7(11)9(13)8(6)12/h1-4,11-13H/b2-1+. The SMILES string of the molecule is O=[C]/C=C/c1ccc(O)c(O)c1O. The number of allylic oxidation sites excluding steroid dienone is 1. The minimum Gasteiger partial charge on any atom is -0.504 e. The summed E-state index contributed by atoms with van der Waals surface area (Å²) in [5.41, 5.74) is 0.235. The summed E-state index contributed by atoms with van der Waals surface area (Å²) < 4.78 is 0. The van der Waals surface area contributed by atoms with Crippen LogP contribution >= 0.6 is 0 Å². The number of phenolic OH excluding ortho intramolecular Hbond substituents is 3. The first kappa shape index (κ1) is 9.12. The number of rotatable bonds is 2. The smallest absolute Gasteiger partial charge is 0.225 e. The quantitative estimate of drug-likeness (QED) is 0.466. The molecule has 0 saturated heterocycles. The highest BCUT2D eigenvalue weighted by molar-refractivity contribution is 5.77. The van der Waals surface area contributed by atoms with E-state index in [-0.39, 0.29) is 5.56 Å². The Labute approximate surface area is 74.4 Å². The molecule has 4 nitrogen and oxygen atoms in total. The lowest BCUT2D eigenvalue weighted by molar-refractivity contribution is 0.367. The van der Waals surface area contributed by atoms with Crippen molar-refractivity contribution in [2.24, 2.45) is 0 Å². The fourth-order valence-electron chi connectivity index (χ4n) is 0.843. The maximum absolute atomic E-state index is 9.84. The second-order valence-electron chi connectivity index (χ2n) is 2.32. The lowest BCUT2D eigenvalue weighted by Gasteiger charge is -2.02. The third-order valence-electron chi connectivity index (χ3n) is 1.49. The maximum Gasteiger partial charge on any atom is 0.225 e. The molecule has 1 aromatic carbocycles. The van der Waals surface area contributed by atoms with Gasteiger partial charge in [-0.15, -0.1) is 0 Å². The Hall–Kier alpha value is -1.97. The molecule has 67 valence electrons. The molecular formula is C9H7O4. The number of phenols is 3. The van der Waals surface area contributed by atoms with E-state index in [2.05, 4.69) is 0 Å². The summed E-state index contributed by atoms with van der Waals surface area (Å²) >= 11 is 0. The first-order chi connectivity index (χ1) is 6.16. The fourth-order valence-corrected chi connectivity index (χ4v) is 0.843. The van der Waals surface area contributed by atoms with Gasteiger partial charge in [0.2, 0.25) is 12.0 Å². The lowest BCUT2D eigenvalue weighted by Crippen LogP contribution is -1.77. The molecule has 4 heteroatoms. The Morgan fingerprint density at radius 3 is 2.46 bits per heavy atom. The highest BCUT2D eigenvalue weighted by atomic mass is 16.3. The summed E-state index contributed by atoms with van der Waals surface area (Å²) in [6.07, 6.45) is 3.80. The minimum atomic E-state index is -0.604. The predicted octanol–water partition coefficient (Wildman–Crippen LogP) is 0.926. The van der Waals surface area contributed by atoms with Gasteiger partial charge in [-0.1, -0.05) is 0 Å². The van der Waals surface area contributed by atoms with Gasteiger partial charge in [-0.2, -0.15) is 0 Å². The third-order valence-corrected chi connectivity index (χ3v) is 1.49. The average molecular weight is 179 g/mol. The van der Waals surface area contributed by atoms with Crippen LogP contribution in [0.3, 0.4) is 0 Å². The maximum atomic E-state index is 9.84. The van der Waals surface area contributed by atoms with Gasteiger partial charge in [0.25, 0.3) is 0 Å². The molecule has 0 aromatic heterocycles. The van der Waals surface area contributed by atoms with Crippen LogP contribution in [0.2, 0.25) is 0 Å². The van der Waals surface area contributed by atoms with Crippen molar-refractivity contribution in [3.05, 3.63) is 23.8 Å². The zero-order valence-corrected chi connectivity index (χ0v) is 6.56. The van der Waals surface area contributed by atoms with Gasteiger partial charge in [0.05, 0.1) is 0 Å². The second kappa shape index (κ2) is 3.62. The number of carbonyl (C=O) groups excluding carboxylic acids is 1. The zero-order valence-electron chi connectivity index (χ0n) is 6.56. The lowest BCUT2D eigenvalue weighted by atomic mass is 10.1. The van der Waals surface area contributed by atoms with Gasteiger partial charge >= 0.3 is 0 Å². The van der Waals surface area contributed by atoms with Crippen LogP contribution in [0.5, 0.6) is 17.2 Å². The van der Waals surface area contributed by atoms with Crippen molar-refractivity contribution in [3.8, 4) is 17.2 Å². The largest absolute Gasteiger partial charge is 0.504 e. The monoisotopic (exact) mass is 179 g/mol. The number of aromatic hydroxyl groups is 3. The van der Waals surface area contributed by atoms with Crippen LogP contribution in [0.1, 0.15) is 5.56 Å². The summed E-state index contributed by atoms with van der Waals surface area (Å²) in [6.45, 7) is 0. The summed E-state index contributed by atoms with van der Waals surface area (Å²) in [5.74, 6) is -1.48. The van der Waals surface area contributed by atoms with E-state index < -0.39 is 17.2 Å². The summed E-state index contributed by atoms with van der Waals surface area (Å²) in [6, 6.07) is 2.57. The Bertz CT molecular complexity index is 355. The topological polar surface area (TPSA) is 77.8 Å². The summed E-state index contributed by atoms with van der Waals surface area (Å²) in [5, 5.41) is 27.2. The number of benzene rings is 1. The van der Waals surface area contributed by atoms with Crippen molar-refractivity contribution in [2.45, 2.75) is 0 Å². The second-order valence-corrected chi connectivity index (χ2v) is 2.32. The van der Waals surface area contributed by atoms with Crippen molar-refractivity contribution < 1.29 is 20.1 Å². The van der Waals surface area contributed by atoms with Crippen LogP contribution in [0.15, 0.2) is 18.2 Å². The predicted molar refractivity (Wildman–Crippen MR) is 46.2 cm³/mol. The molecule has 0 aliphatic rings. The van der Waals surface area contributed by atoms with E-state index in [1.54, 1.807) is 0 Å². The fraction of sp³-hybridized carbons (Fsp3) is 0. The van der Waals surface area contributed by atoms with Crippen molar-refractivity contribution in [2.75, 3.05) is 0 Å². The summed E-state index contributed by atoms with van der Waals surface area (Å²) in [4.78, 5) is 9.84. The zero-order chi connectivity index (χ0) is 9.84. The summed E-state index contributed by atoms with van der Waals surface area (Å²) in [7, 11) is 0. The van der Waals surface area contributed by atoms with Crippen molar-refractivity contribution in [1.29, 1.82) is 0 Å². The molecule has 0 unspecified atom stereocenters. The molecule has 0 atom stereocenters. The van der Waals surface area contributed by atoms with Crippen LogP contribution in [0, 0.1) is 0 Å². The molecule has 0 spiro atoms. The molecule has 3 N–H and O–H groups in total. The van der Waals surface area contributed by atoms with Crippen LogP contribution in [0.4, 0.5) is 0 Å². The molecule has 0 saturated carbocycles. The highest BCUT2D eigenvalue weighted by Crippen LogP contribution is 2.37. The Balaban J connectivity index is 3.17. The molecule has 0 aliphatic carbocycles. The van der Waals surface area contributed by atoms with Gasteiger partial charge in [0, 0.05) is 5.56 Å². The van der Waals surface area contributed by atoms with Crippen molar-refractivity contribution >= 4 is 12.4 Å². The van der Waals surface area contributed by atoms with Crippen LogP contribution in [-0.2, 0) is 4.79 Å². The Morgan fingerprint density at radius 2 is 1.85 bits per heavy atom. The molecule has 0 heterocycles.